The second kappa shape index (κ2) is 8.83. The largest absolute Gasteiger partial charge is 0.298 e. The maximum Gasteiger partial charge on any atom is 0.0965 e. The molecule has 0 unspecified atom stereocenters. The zero-order valence-corrected chi connectivity index (χ0v) is 21.9. The van der Waals surface area contributed by atoms with Crippen molar-refractivity contribution in [1.29, 1.82) is 5.41 Å². The third kappa shape index (κ3) is 4.68. The topological polar surface area (TPSA) is 36.2 Å². The van der Waals surface area contributed by atoms with Crippen molar-refractivity contribution in [3.63, 3.8) is 0 Å². The van der Waals surface area contributed by atoms with Crippen LogP contribution in [0.5, 0.6) is 0 Å². The molecule has 3 aromatic carbocycles. The summed E-state index contributed by atoms with van der Waals surface area (Å²) in [4.78, 5) is 5.26. The predicted octanol–water partition coefficient (Wildman–Crippen LogP) is 8.12. The van der Waals surface area contributed by atoms with Gasteiger partial charge in [-0.1, -0.05) is 65.9 Å². The summed E-state index contributed by atoms with van der Waals surface area (Å²) >= 11 is 0. The van der Waals surface area contributed by atoms with Crippen LogP contribution in [0.4, 0.5) is 0 Å². The summed E-state index contributed by atoms with van der Waals surface area (Å²) in [5.41, 5.74) is 13.7. The second-order valence-corrected chi connectivity index (χ2v) is 10.8. The maximum absolute atomic E-state index is 9.49. The van der Waals surface area contributed by atoms with Gasteiger partial charge in [0.25, 0.3) is 0 Å². The van der Waals surface area contributed by atoms with Gasteiger partial charge in [-0.15, -0.1) is 0 Å². The number of rotatable bonds is 2. The Hall–Kier alpha value is -3.26. The summed E-state index contributed by atoms with van der Waals surface area (Å²) in [7, 11) is 0. The predicted molar refractivity (Wildman–Crippen MR) is 147 cm³/mol. The van der Waals surface area contributed by atoms with Crippen molar-refractivity contribution in [2.75, 3.05) is 0 Å². The highest BCUT2D eigenvalue weighted by Crippen LogP contribution is 2.37. The lowest BCUT2D eigenvalue weighted by molar-refractivity contribution is 0.530. The standard InChI is InChI=1S/C32H36N2/c1-19-11-20(2)15-25(14-19)28-9-10-32(7,8)29-24(6)13-23(5)18-27(29)30(33)31(34-28)26-16-21(3)12-22(4)17-26/h9,11-18,33H,10H2,1-8H3. The fourth-order valence-corrected chi connectivity index (χ4v) is 5.49. The van der Waals surface area contributed by atoms with Gasteiger partial charge < -0.3 is 0 Å². The Balaban J connectivity index is 2.06. The number of fused-ring (bicyclic) bond motifs is 1. The van der Waals surface area contributed by atoms with Gasteiger partial charge >= 0.3 is 0 Å². The molecular formula is C32H36N2. The van der Waals surface area contributed by atoms with E-state index in [0.717, 1.165) is 34.5 Å². The molecule has 2 heteroatoms. The van der Waals surface area contributed by atoms with Gasteiger partial charge in [0.1, 0.15) is 0 Å². The van der Waals surface area contributed by atoms with Crippen LogP contribution in [0.25, 0.3) is 5.70 Å². The molecule has 0 spiro atoms. The van der Waals surface area contributed by atoms with E-state index in [2.05, 4.69) is 110 Å². The van der Waals surface area contributed by atoms with Crippen LogP contribution in [-0.4, -0.2) is 11.4 Å². The van der Waals surface area contributed by atoms with E-state index >= 15 is 0 Å². The third-order valence-corrected chi connectivity index (χ3v) is 6.71. The van der Waals surface area contributed by atoms with E-state index in [0.29, 0.717) is 5.71 Å². The number of aliphatic imine (C=N–C) groups is 1. The molecule has 0 fully saturated rings. The number of allylic oxidation sites excluding steroid dienone is 1. The van der Waals surface area contributed by atoms with E-state index in [-0.39, 0.29) is 5.41 Å². The van der Waals surface area contributed by atoms with Crippen LogP contribution in [0.15, 0.2) is 59.6 Å². The minimum absolute atomic E-state index is 0.128. The minimum atomic E-state index is -0.128. The van der Waals surface area contributed by atoms with Crippen LogP contribution < -0.4 is 0 Å². The fourth-order valence-electron chi connectivity index (χ4n) is 5.49. The first-order valence-electron chi connectivity index (χ1n) is 12.1. The van der Waals surface area contributed by atoms with Crippen LogP contribution in [0.3, 0.4) is 0 Å². The van der Waals surface area contributed by atoms with Gasteiger partial charge in [-0.05, 0) is 94.8 Å². The lowest BCUT2D eigenvalue weighted by atomic mass is 9.74. The van der Waals surface area contributed by atoms with E-state index in [9.17, 15) is 5.41 Å². The first-order chi connectivity index (χ1) is 15.9. The molecule has 0 atom stereocenters. The molecule has 1 aliphatic heterocycles. The summed E-state index contributed by atoms with van der Waals surface area (Å²) < 4.78 is 0. The Bertz CT molecular complexity index is 1330. The molecule has 1 aliphatic rings. The van der Waals surface area contributed by atoms with Gasteiger partial charge in [-0.25, -0.2) is 4.99 Å². The zero-order chi connectivity index (χ0) is 24.8. The van der Waals surface area contributed by atoms with Gasteiger partial charge in [0, 0.05) is 16.7 Å². The molecule has 3 aromatic rings. The van der Waals surface area contributed by atoms with Crippen molar-refractivity contribution in [2.45, 2.75) is 67.2 Å². The van der Waals surface area contributed by atoms with E-state index in [4.69, 9.17) is 4.99 Å². The van der Waals surface area contributed by atoms with Gasteiger partial charge in [-0.2, -0.15) is 0 Å². The molecule has 34 heavy (non-hydrogen) atoms. The normalized spacial score (nSPS) is 15.6. The summed E-state index contributed by atoms with van der Waals surface area (Å²) in [6, 6.07) is 17.5. The van der Waals surface area contributed by atoms with Crippen LogP contribution in [0.1, 0.15) is 75.9 Å². The lowest BCUT2D eigenvalue weighted by Gasteiger charge is -2.29. The molecule has 1 N–H and O–H groups in total. The highest BCUT2D eigenvalue weighted by atomic mass is 14.8. The average Bonchev–Trinajstić information content (AvgIpc) is 2.74. The molecular weight excluding hydrogens is 412 g/mol. The minimum Gasteiger partial charge on any atom is -0.298 e. The van der Waals surface area contributed by atoms with Crippen LogP contribution in [0.2, 0.25) is 0 Å². The molecule has 0 aliphatic carbocycles. The number of hydrogen-bond acceptors (Lipinski definition) is 2. The molecule has 174 valence electrons. The number of nitrogens with one attached hydrogen (secondary N) is 1. The van der Waals surface area contributed by atoms with Gasteiger partial charge in [0.2, 0.25) is 0 Å². The van der Waals surface area contributed by atoms with Crippen LogP contribution in [0, 0.1) is 47.0 Å². The number of benzene rings is 3. The van der Waals surface area contributed by atoms with Gasteiger partial charge in [0.05, 0.1) is 17.1 Å². The lowest BCUT2D eigenvalue weighted by Crippen LogP contribution is -2.25. The number of aryl methyl sites for hydroxylation is 6. The third-order valence-electron chi connectivity index (χ3n) is 6.71. The zero-order valence-electron chi connectivity index (χ0n) is 21.9. The molecule has 0 saturated heterocycles. The van der Waals surface area contributed by atoms with Crippen molar-refractivity contribution in [3.05, 3.63) is 110 Å². The van der Waals surface area contributed by atoms with Gasteiger partial charge in [-0.3, -0.25) is 5.41 Å². The highest BCUT2D eigenvalue weighted by Gasteiger charge is 2.30. The summed E-state index contributed by atoms with van der Waals surface area (Å²) in [6.45, 7) is 17.4. The molecule has 4 rings (SSSR count). The van der Waals surface area contributed by atoms with Crippen LogP contribution in [-0.2, 0) is 5.41 Å². The Morgan fingerprint density at radius 2 is 1.18 bits per heavy atom. The maximum atomic E-state index is 9.49. The van der Waals surface area contributed by atoms with Crippen molar-refractivity contribution >= 4 is 17.1 Å². The second-order valence-electron chi connectivity index (χ2n) is 10.8. The molecule has 0 aromatic heterocycles. The fraction of sp³-hybridized carbons (Fsp3) is 0.312. The first kappa shape index (κ1) is 23.9. The molecule has 0 amide bonds. The van der Waals surface area contributed by atoms with E-state index < -0.39 is 0 Å². The van der Waals surface area contributed by atoms with Crippen molar-refractivity contribution in [1.82, 2.24) is 0 Å². The molecule has 1 heterocycles. The monoisotopic (exact) mass is 448 g/mol. The van der Waals surface area contributed by atoms with Crippen molar-refractivity contribution in [2.24, 2.45) is 4.99 Å². The van der Waals surface area contributed by atoms with Crippen molar-refractivity contribution < 1.29 is 0 Å². The average molecular weight is 449 g/mol. The quantitative estimate of drug-likeness (QED) is 0.411. The molecule has 0 radical (unpaired) electrons. The number of nitrogens with zero attached hydrogens (tertiary/aromatic N) is 1. The Kier molecular flexibility index (Phi) is 6.20. The Labute approximate surface area is 205 Å². The Morgan fingerprint density at radius 1 is 0.676 bits per heavy atom. The number of hydrogen-bond donors (Lipinski definition) is 1. The van der Waals surface area contributed by atoms with Crippen molar-refractivity contribution in [3.8, 4) is 0 Å². The smallest absolute Gasteiger partial charge is 0.0965 e. The van der Waals surface area contributed by atoms with E-state index in [1.807, 2.05) is 0 Å². The summed E-state index contributed by atoms with van der Waals surface area (Å²) in [5, 5.41) is 9.49. The first-order valence-corrected chi connectivity index (χ1v) is 12.1. The van der Waals surface area contributed by atoms with Crippen LogP contribution >= 0.6 is 0 Å². The summed E-state index contributed by atoms with van der Waals surface area (Å²) in [6.07, 6.45) is 3.13. The highest BCUT2D eigenvalue weighted by molar-refractivity contribution is 6.53. The molecule has 2 nitrogen and oxygen atoms in total. The molecule has 0 bridgehead atoms. The Morgan fingerprint density at radius 3 is 1.74 bits per heavy atom. The summed E-state index contributed by atoms with van der Waals surface area (Å²) in [5.74, 6) is 0. The SMILES string of the molecule is Cc1cc(C)cc(C2=CCC(C)(C)c3c(C)cc(C)cc3C(=N)C(c3cc(C)cc(C)c3)=N2)c1. The van der Waals surface area contributed by atoms with E-state index in [1.165, 1.54) is 38.9 Å². The molecule has 0 saturated carbocycles. The van der Waals surface area contributed by atoms with Gasteiger partial charge in [0.15, 0.2) is 0 Å². The van der Waals surface area contributed by atoms with E-state index in [1.54, 1.807) is 0 Å².